The zero-order valence-electron chi connectivity index (χ0n) is 11.2. The van der Waals surface area contributed by atoms with E-state index in [1.807, 2.05) is 0 Å². The third-order valence-electron chi connectivity index (χ3n) is 3.48. The fourth-order valence-electron chi connectivity index (χ4n) is 2.45. The van der Waals surface area contributed by atoms with Crippen LogP contribution in [-0.2, 0) is 29.4 Å². The van der Waals surface area contributed by atoms with Gasteiger partial charge in [0.25, 0.3) is 0 Å². The highest BCUT2D eigenvalue weighted by Gasteiger charge is 2.20. The fraction of sp³-hybridized carbons (Fsp3) is 0.286. The van der Waals surface area contributed by atoms with E-state index in [9.17, 15) is 8.42 Å². The zero-order valence-corrected chi connectivity index (χ0v) is 13.6. The molecule has 7 heteroatoms. The van der Waals surface area contributed by atoms with E-state index in [-0.39, 0.29) is 16.5 Å². The first-order valence-corrected chi connectivity index (χ1v) is 9.28. The van der Waals surface area contributed by atoms with Gasteiger partial charge in [-0.15, -0.1) is 11.3 Å². The lowest BCUT2D eigenvalue weighted by Gasteiger charge is -2.08. The predicted octanol–water partition coefficient (Wildman–Crippen LogP) is 2.95. The van der Waals surface area contributed by atoms with Crippen LogP contribution >= 0.6 is 22.9 Å². The number of aryl methyl sites for hydroxylation is 2. The van der Waals surface area contributed by atoms with E-state index in [4.69, 9.17) is 17.3 Å². The van der Waals surface area contributed by atoms with Crippen LogP contribution in [0.1, 0.15) is 21.7 Å². The number of hydrogen-bond acceptors (Lipinski definition) is 4. The number of hydrogen-bond donors (Lipinski definition) is 2. The molecule has 1 heterocycles. The van der Waals surface area contributed by atoms with Gasteiger partial charge in [0.1, 0.15) is 4.90 Å². The molecule has 1 aliphatic rings. The summed E-state index contributed by atoms with van der Waals surface area (Å²) < 4.78 is 27.2. The van der Waals surface area contributed by atoms with Crippen molar-refractivity contribution in [1.29, 1.82) is 0 Å². The lowest BCUT2D eigenvalue weighted by Crippen LogP contribution is -2.23. The summed E-state index contributed by atoms with van der Waals surface area (Å²) in [4.78, 5) is 2.43. The van der Waals surface area contributed by atoms with Crippen LogP contribution in [0, 0.1) is 0 Å². The van der Waals surface area contributed by atoms with Gasteiger partial charge < -0.3 is 5.73 Å². The lowest BCUT2D eigenvalue weighted by atomic mass is 10.2. The molecule has 0 saturated carbocycles. The second kappa shape index (κ2) is 5.61. The first-order chi connectivity index (χ1) is 9.95. The molecule has 112 valence electrons. The second-order valence-electron chi connectivity index (χ2n) is 5.03. The molecular formula is C14H15ClN2O2S2. The number of sulfonamides is 1. The highest BCUT2D eigenvalue weighted by Crippen LogP contribution is 2.31. The first-order valence-electron chi connectivity index (χ1n) is 6.61. The lowest BCUT2D eigenvalue weighted by molar-refractivity contribution is 0.582. The van der Waals surface area contributed by atoms with Gasteiger partial charge >= 0.3 is 0 Å². The van der Waals surface area contributed by atoms with E-state index < -0.39 is 10.0 Å². The molecule has 0 saturated heterocycles. The number of nitrogens with two attached hydrogens (primary N) is 1. The average Bonchev–Trinajstić information content (AvgIpc) is 3.00. The van der Waals surface area contributed by atoms with Crippen molar-refractivity contribution in [3.8, 4) is 0 Å². The topological polar surface area (TPSA) is 72.2 Å². The maximum absolute atomic E-state index is 12.3. The molecule has 3 rings (SSSR count). The van der Waals surface area contributed by atoms with Crippen LogP contribution in [0.15, 0.2) is 29.2 Å². The van der Waals surface area contributed by atoms with Crippen molar-refractivity contribution < 1.29 is 8.42 Å². The van der Waals surface area contributed by atoms with E-state index in [0.29, 0.717) is 5.69 Å². The molecule has 0 aliphatic heterocycles. The molecular weight excluding hydrogens is 328 g/mol. The molecule has 0 atom stereocenters. The predicted molar refractivity (Wildman–Crippen MR) is 86.2 cm³/mol. The number of nitrogen functional groups attached to an aromatic ring is 1. The van der Waals surface area contributed by atoms with Crippen LogP contribution in [-0.4, -0.2) is 8.42 Å². The van der Waals surface area contributed by atoms with Crippen LogP contribution in [0.2, 0.25) is 5.02 Å². The number of thiophene rings is 1. The molecule has 1 aromatic carbocycles. The van der Waals surface area contributed by atoms with Crippen LogP contribution in [0.3, 0.4) is 0 Å². The van der Waals surface area contributed by atoms with Gasteiger partial charge in [0.05, 0.1) is 5.02 Å². The Labute approximate surface area is 133 Å². The van der Waals surface area contributed by atoms with Crippen molar-refractivity contribution in [2.24, 2.45) is 0 Å². The maximum Gasteiger partial charge on any atom is 0.242 e. The van der Waals surface area contributed by atoms with Crippen LogP contribution in [0.4, 0.5) is 5.69 Å². The second-order valence-corrected chi connectivity index (χ2v) is 8.39. The molecule has 1 aliphatic carbocycles. The van der Waals surface area contributed by atoms with Crippen LogP contribution in [0.25, 0.3) is 0 Å². The third kappa shape index (κ3) is 3.08. The van der Waals surface area contributed by atoms with E-state index in [1.165, 1.54) is 29.0 Å². The van der Waals surface area contributed by atoms with E-state index in [2.05, 4.69) is 10.8 Å². The Morgan fingerprint density at radius 3 is 2.86 bits per heavy atom. The fourth-order valence-corrected chi connectivity index (χ4v) is 5.28. The summed E-state index contributed by atoms with van der Waals surface area (Å²) in [6, 6.07) is 6.53. The standard InChI is InChI=1S/C14H15ClN2O2S2/c15-12-5-4-10(16)7-14(12)21(18,19)17-8-11-6-9-2-1-3-13(9)20-11/h4-7,17H,1-3,8,16H2. The molecule has 2 aromatic rings. The minimum atomic E-state index is -3.66. The molecule has 3 N–H and O–H groups in total. The van der Waals surface area contributed by atoms with Crippen molar-refractivity contribution >= 4 is 38.6 Å². The highest BCUT2D eigenvalue weighted by molar-refractivity contribution is 7.89. The highest BCUT2D eigenvalue weighted by atomic mass is 35.5. The Hall–Kier alpha value is -1.08. The number of anilines is 1. The number of fused-ring (bicyclic) bond motifs is 1. The van der Waals surface area contributed by atoms with Gasteiger partial charge in [-0.1, -0.05) is 11.6 Å². The van der Waals surface area contributed by atoms with Gasteiger partial charge in [-0.05, 0) is 49.1 Å². The zero-order chi connectivity index (χ0) is 15.0. The smallest absolute Gasteiger partial charge is 0.242 e. The van der Waals surface area contributed by atoms with Crippen molar-refractivity contribution in [3.63, 3.8) is 0 Å². The number of benzene rings is 1. The van der Waals surface area contributed by atoms with E-state index in [0.717, 1.165) is 17.7 Å². The number of rotatable bonds is 4. The molecule has 1 aromatic heterocycles. The number of halogens is 1. The van der Waals surface area contributed by atoms with Gasteiger partial charge in [-0.2, -0.15) is 0 Å². The Morgan fingerprint density at radius 2 is 2.10 bits per heavy atom. The first kappa shape index (κ1) is 14.8. The van der Waals surface area contributed by atoms with Gasteiger partial charge in [0, 0.05) is 22.0 Å². The molecule has 0 radical (unpaired) electrons. The van der Waals surface area contributed by atoms with Crippen molar-refractivity contribution in [3.05, 3.63) is 44.6 Å². The Morgan fingerprint density at radius 1 is 1.29 bits per heavy atom. The molecule has 0 bridgehead atoms. The summed E-state index contributed by atoms with van der Waals surface area (Å²) in [5.41, 5.74) is 7.36. The van der Waals surface area contributed by atoms with Gasteiger partial charge in [-0.25, -0.2) is 13.1 Å². The molecule has 0 amide bonds. The van der Waals surface area contributed by atoms with Gasteiger partial charge in [0.15, 0.2) is 0 Å². The summed E-state index contributed by atoms with van der Waals surface area (Å²) in [6.07, 6.45) is 3.40. The third-order valence-corrected chi connectivity index (χ3v) is 6.60. The molecule has 0 unspecified atom stereocenters. The number of nitrogens with one attached hydrogen (secondary N) is 1. The summed E-state index contributed by atoms with van der Waals surface area (Å²) in [5.74, 6) is 0. The minimum Gasteiger partial charge on any atom is -0.399 e. The molecule has 4 nitrogen and oxygen atoms in total. The van der Waals surface area contributed by atoms with E-state index in [1.54, 1.807) is 17.4 Å². The van der Waals surface area contributed by atoms with E-state index >= 15 is 0 Å². The quantitative estimate of drug-likeness (QED) is 0.839. The largest absolute Gasteiger partial charge is 0.399 e. The monoisotopic (exact) mass is 342 g/mol. The summed E-state index contributed by atoms with van der Waals surface area (Å²) in [6.45, 7) is 0.283. The minimum absolute atomic E-state index is 0.0215. The van der Waals surface area contributed by atoms with Gasteiger partial charge in [-0.3, -0.25) is 0 Å². The summed E-state index contributed by atoms with van der Waals surface area (Å²) in [5, 5.41) is 0.172. The average molecular weight is 343 g/mol. The Kier molecular flexibility index (Phi) is 3.96. The maximum atomic E-state index is 12.3. The van der Waals surface area contributed by atoms with Crippen molar-refractivity contribution in [1.82, 2.24) is 4.72 Å². The van der Waals surface area contributed by atoms with Crippen LogP contribution in [0.5, 0.6) is 0 Å². The van der Waals surface area contributed by atoms with Crippen LogP contribution < -0.4 is 10.5 Å². The molecule has 21 heavy (non-hydrogen) atoms. The van der Waals surface area contributed by atoms with Crippen molar-refractivity contribution in [2.45, 2.75) is 30.7 Å². The van der Waals surface area contributed by atoms with Gasteiger partial charge in [0.2, 0.25) is 10.0 Å². The Bertz CT molecular complexity index is 763. The molecule has 0 fully saturated rings. The van der Waals surface area contributed by atoms with Crippen molar-refractivity contribution in [2.75, 3.05) is 5.73 Å². The summed E-state index contributed by atoms with van der Waals surface area (Å²) >= 11 is 7.63. The summed E-state index contributed by atoms with van der Waals surface area (Å²) in [7, 11) is -3.66. The normalized spacial score (nSPS) is 14.3. The molecule has 0 spiro atoms. The SMILES string of the molecule is Nc1ccc(Cl)c(S(=O)(=O)NCc2cc3c(s2)CCC3)c1. The Balaban J connectivity index is 1.78.